The smallest absolute Gasteiger partial charge is 0.146 e. The minimum atomic E-state index is -1.46. The second-order valence-electron chi connectivity index (χ2n) is 3.23. The molecule has 0 aromatic heterocycles. The molecule has 5 heteroatoms. The minimum Gasteiger partial charge on any atom is -0.547 e. The lowest BCUT2D eigenvalue weighted by Gasteiger charge is -2.34. The highest BCUT2D eigenvalue weighted by Crippen LogP contribution is 2.03. The number of alkyl halides is 2. The lowest BCUT2D eigenvalue weighted by atomic mass is 10.3. The number of halogens is 2. The van der Waals surface area contributed by atoms with Gasteiger partial charge < -0.3 is 14.4 Å². The summed E-state index contributed by atoms with van der Waals surface area (Å²) in [5.74, 6) is -1.46. The fraction of sp³-hybridized carbons (Fsp3) is 0.900. The summed E-state index contributed by atoms with van der Waals surface area (Å²) in [4.78, 5) is 7.93. The molecule has 0 saturated heterocycles. The molecule has 15 heavy (non-hydrogen) atoms. The fourth-order valence-corrected chi connectivity index (χ4v) is 1.34. The van der Waals surface area contributed by atoms with E-state index in [0.29, 0.717) is 0 Å². The number of hydrogen-bond donors (Lipinski definition) is 0. The molecule has 0 bridgehead atoms. The molecule has 0 aromatic carbocycles. The Bertz CT molecular complexity index is 153. The van der Waals surface area contributed by atoms with Crippen LogP contribution in [0.2, 0.25) is 0 Å². The zero-order chi connectivity index (χ0) is 12.5. The molecule has 0 saturated carbocycles. The molecule has 0 heterocycles. The van der Waals surface area contributed by atoms with Crippen LogP contribution in [0.3, 0.4) is 0 Å². The van der Waals surface area contributed by atoms with Crippen LogP contribution >= 0.6 is 23.2 Å². The quantitative estimate of drug-likeness (QED) is 0.552. The first kappa shape index (κ1) is 17.4. The normalized spacial score (nSPS) is 10.9. The highest BCUT2D eigenvalue weighted by atomic mass is 35.5. The average Bonchev–Trinajstić information content (AvgIpc) is 2.23. The molecule has 0 aromatic rings. The first-order valence-corrected chi connectivity index (χ1v) is 6.10. The average molecular weight is 258 g/mol. The van der Waals surface area contributed by atoms with E-state index in [2.05, 4.69) is 27.7 Å². The Kier molecular flexibility index (Phi) is 10.7. The Labute approximate surface area is 103 Å². The maximum Gasteiger partial charge on any atom is 0.146 e. The van der Waals surface area contributed by atoms with Gasteiger partial charge in [0.1, 0.15) is 4.84 Å². The van der Waals surface area contributed by atoms with Crippen LogP contribution in [0, 0.1) is 0 Å². The predicted molar refractivity (Wildman–Crippen MR) is 62.9 cm³/mol. The third kappa shape index (κ3) is 7.88. The zero-order valence-corrected chi connectivity index (χ0v) is 11.4. The summed E-state index contributed by atoms with van der Waals surface area (Å²) >= 11 is 9.43. The van der Waals surface area contributed by atoms with E-state index in [0.717, 1.165) is 0 Å². The number of carboxylic acid groups (broad SMARTS) is 1. The molecule has 0 spiro atoms. The van der Waals surface area contributed by atoms with E-state index < -0.39 is 10.8 Å². The largest absolute Gasteiger partial charge is 0.547 e. The van der Waals surface area contributed by atoms with Crippen molar-refractivity contribution in [1.82, 2.24) is 0 Å². The lowest BCUT2D eigenvalue weighted by molar-refractivity contribution is -0.921. The second kappa shape index (κ2) is 9.25. The summed E-state index contributed by atoms with van der Waals surface area (Å²) in [5.41, 5.74) is 0. The van der Waals surface area contributed by atoms with E-state index >= 15 is 0 Å². The SMILES string of the molecule is CC[N+](CC)(CC)CC.O=C([O-])C(Cl)Cl. The van der Waals surface area contributed by atoms with Gasteiger partial charge in [-0.1, -0.05) is 23.2 Å². The minimum absolute atomic E-state index is 1.28. The third-order valence-electron chi connectivity index (χ3n) is 2.86. The predicted octanol–water partition coefficient (Wildman–Crippen LogP) is 1.42. The van der Waals surface area contributed by atoms with Gasteiger partial charge in [-0.2, -0.15) is 0 Å². The molecule has 0 N–H and O–H groups in total. The van der Waals surface area contributed by atoms with E-state index in [1.807, 2.05) is 0 Å². The second-order valence-corrected chi connectivity index (χ2v) is 4.32. The van der Waals surface area contributed by atoms with Crippen molar-refractivity contribution in [1.29, 1.82) is 0 Å². The molecule has 0 amide bonds. The third-order valence-corrected chi connectivity index (χ3v) is 3.22. The molecule has 0 unspecified atom stereocenters. The Hall–Kier alpha value is 0.01000. The summed E-state index contributed by atoms with van der Waals surface area (Å²) < 4.78 is 1.28. The van der Waals surface area contributed by atoms with Crippen molar-refractivity contribution in [2.75, 3.05) is 26.2 Å². The first-order valence-electron chi connectivity index (χ1n) is 5.23. The highest BCUT2D eigenvalue weighted by molar-refractivity contribution is 6.52. The van der Waals surface area contributed by atoms with Gasteiger partial charge in [-0.25, -0.2) is 0 Å². The topological polar surface area (TPSA) is 40.1 Å². The van der Waals surface area contributed by atoms with E-state index in [9.17, 15) is 9.90 Å². The summed E-state index contributed by atoms with van der Waals surface area (Å²) in [6.45, 7) is 14.2. The Morgan fingerprint density at radius 1 is 1.07 bits per heavy atom. The van der Waals surface area contributed by atoms with Crippen molar-refractivity contribution >= 4 is 29.2 Å². The van der Waals surface area contributed by atoms with E-state index in [1.165, 1.54) is 30.7 Å². The van der Waals surface area contributed by atoms with E-state index in [4.69, 9.17) is 23.2 Å². The summed E-state index contributed by atoms with van der Waals surface area (Å²) in [6, 6.07) is 0. The van der Waals surface area contributed by atoms with Gasteiger partial charge in [0, 0.05) is 0 Å². The van der Waals surface area contributed by atoms with Gasteiger partial charge in [0.25, 0.3) is 0 Å². The van der Waals surface area contributed by atoms with Crippen LogP contribution in [-0.4, -0.2) is 41.5 Å². The highest BCUT2D eigenvalue weighted by Gasteiger charge is 2.16. The van der Waals surface area contributed by atoms with Crippen molar-refractivity contribution in [2.24, 2.45) is 0 Å². The van der Waals surface area contributed by atoms with E-state index in [-0.39, 0.29) is 0 Å². The molecule has 0 rings (SSSR count). The molecular formula is C10H21Cl2NO2. The Balaban J connectivity index is 0. The molecule has 0 aliphatic rings. The van der Waals surface area contributed by atoms with E-state index in [1.54, 1.807) is 0 Å². The standard InChI is InChI=1S/C8H20N.C2H2Cl2O2/c1-5-9(6-2,7-3)8-4;3-1(4)2(5)6/h5-8H2,1-4H3;1H,(H,5,6)/q+1;/p-1. The van der Waals surface area contributed by atoms with Crippen molar-refractivity contribution in [3.05, 3.63) is 0 Å². The van der Waals surface area contributed by atoms with Gasteiger partial charge in [0.05, 0.1) is 32.1 Å². The Morgan fingerprint density at radius 2 is 1.27 bits per heavy atom. The number of nitrogens with zero attached hydrogens (tertiary/aromatic N) is 1. The van der Waals surface area contributed by atoms with Crippen LogP contribution in [0.4, 0.5) is 0 Å². The molecule has 0 aliphatic heterocycles. The van der Waals surface area contributed by atoms with Crippen LogP contribution in [-0.2, 0) is 4.79 Å². The van der Waals surface area contributed by atoms with Gasteiger partial charge in [0.2, 0.25) is 0 Å². The van der Waals surface area contributed by atoms with Gasteiger partial charge in [0.15, 0.2) is 0 Å². The van der Waals surface area contributed by atoms with Crippen LogP contribution in [0.5, 0.6) is 0 Å². The number of quaternary nitrogens is 1. The van der Waals surface area contributed by atoms with Gasteiger partial charge in [-0.05, 0) is 27.7 Å². The van der Waals surface area contributed by atoms with Crippen molar-refractivity contribution in [3.8, 4) is 0 Å². The van der Waals surface area contributed by atoms with Crippen molar-refractivity contribution in [2.45, 2.75) is 32.5 Å². The first-order chi connectivity index (χ1) is 6.89. The fourth-order valence-electron chi connectivity index (χ4n) is 1.34. The van der Waals surface area contributed by atoms with Gasteiger partial charge in [-0.15, -0.1) is 0 Å². The number of aliphatic carboxylic acids is 1. The number of carbonyl (C=O) groups excluding carboxylic acids is 1. The maximum absolute atomic E-state index is 9.32. The molecule has 3 nitrogen and oxygen atoms in total. The molecule has 92 valence electrons. The Morgan fingerprint density at radius 3 is 1.27 bits per heavy atom. The van der Waals surface area contributed by atoms with Crippen molar-refractivity contribution < 1.29 is 14.4 Å². The van der Waals surface area contributed by atoms with Crippen LogP contribution in [0.1, 0.15) is 27.7 Å². The number of carbonyl (C=O) groups is 1. The summed E-state index contributed by atoms with van der Waals surface area (Å²) in [6.07, 6.45) is 0. The van der Waals surface area contributed by atoms with Gasteiger partial charge in [-0.3, -0.25) is 0 Å². The molecule has 0 radical (unpaired) electrons. The monoisotopic (exact) mass is 257 g/mol. The van der Waals surface area contributed by atoms with Crippen LogP contribution < -0.4 is 5.11 Å². The number of hydrogen-bond acceptors (Lipinski definition) is 2. The molecule has 0 fully saturated rings. The number of rotatable bonds is 5. The lowest BCUT2D eigenvalue weighted by Crippen LogP contribution is -2.47. The number of carboxylic acids is 1. The zero-order valence-electron chi connectivity index (χ0n) is 9.93. The summed E-state index contributed by atoms with van der Waals surface area (Å²) in [7, 11) is 0. The molecular weight excluding hydrogens is 237 g/mol. The van der Waals surface area contributed by atoms with Gasteiger partial charge >= 0.3 is 0 Å². The summed E-state index contributed by atoms with van der Waals surface area (Å²) in [5, 5.41) is 9.32. The molecule has 0 atom stereocenters. The molecule has 0 aliphatic carbocycles. The van der Waals surface area contributed by atoms with Crippen LogP contribution in [0.25, 0.3) is 0 Å². The van der Waals surface area contributed by atoms with Crippen molar-refractivity contribution in [3.63, 3.8) is 0 Å². The van der Waals surface area contributed by atoms with Crippen LogP contribution in [0.15, 0.2) is 0 Å². The maximum atomic E-state index is 9.32.